The van der Waals surface area contributed by atoms with E-state index in [-0.39, 0.29) is 24.0 Å². The van der Waals surface area contributed by atoms with Gasteiger partial charge in [0.05, 0.1) is 30.7 Å². The average molecular weight is 496 g/mol. The van der Waals surface area contributed by atoms with E-state index in [4.69, 9.17) is 14.2 Å². The van der Waals surface area contributed by atoms with Crippen molar-refractivity contribution in [1.82, 2.24) is 14.3 Å². The Balaban J connectivity index is 1.51. The lowest BCUT2D eigenvalue weighted by Crippen LogP contribution is -2.26. The second kappa shape index (κ2) is 10.1. The lowest BCUT2D eigenvalue weighted by molar-refractivity contribution is -0.0505. The summed E-state index contributed by atoms with van der Waals surface area (Å²) in [6.45, 7) is 0.489. The van der Waals surface area contributed by atoms with E-state index in [0.717, 1.165) is 29.5 Å². The highest BCUT2D eigenvalue weighted by molar-refractivity contribution is 5.84. The molecule has 9 heteroatoms. The molecule has 188 valence electrons. The summed E-state index contributed by atoms with van der Waals surface area (Å²) in [7, 11) is 1.66. The number of fused-ring (bicyclic) bond motifs is 1. The Morgan fingerprint density at radius 1 is 1.08 bits per heavy atom. The van der Waals surface area contributed by atoms with Gasteiger partial charge in [-0.1, -0.05) is 23.8 Å². The van der Waals surface area contributed by atoms with Crippen molar-refractivity contribution < 1.29 is 23.0 Å². The molecule has 0 unspecified atom stereocenters. The van der Waals surface area contributed by atoms with E-state index < -0.39 is 6.61 Å². The summed E-state index contributed by atoms with van der Waals surface area (Å²) < 4.78 is 45.4. The van der Waals surface area contributed by atoms with Crippen molar-refractivity contribution in [2.45, 2.75) is 39.0 Å². The summed E-state index contributed by atoms with van der Waals surface area (Å²) in [5, 5.41) is 0.540. The van der Waals surface area contributed by atoms with Crippen LogP contribution in [0, 0.1) is 6.92 Å². The standard InChI is InChI=1S/C27H27F2N3O4/c1-17-3-6-24(36-27(28)29)20(13-17)16-32-23-14-18(4-5-22(23)26(33)31(32)2)19-7-10-30-25(15-19)35-21-8-11-34-12-9-21/h3-7,10,13-15,21,27H,8-9,11-12,16H2,1-2H3. The molecule has 5 rings (SSSR count). The Morgan fingerprint density at radius 3 is 2.64 bits per heavy atom. The van der Waals surface area contributed by atoms with Gasteiger partial charge in [0.2, 0.25) is 5.88 Å². The molecule has 1 fully saturated rings. The number of rotatable bonds is 7. The SMILES string of the molecule is Cc1ccc(OC(F)F)c(Cn2c3cc(-c4ccnc(OC5CCOCC5)c4)ccc3c(=O)n2C)c1. The van der Waals surface area contributed by atoms with E-state index in [9.17, 15) is 13.6 Å². The van der Waals surface area contributed by atoms with Gasteiger partial charge in [0.1, 0.15) is 11.9 Å². The van der Waals surface area contributed by atoms with E-state index >= 15 is 0 Å². The minimum atomic E-state index is -2.94. The van der Waals surface area contributed by atoms with Gasteiger partial charge in [-0.3, -0.25) is 14.2 Å². The molecule has 36 heavy (non-hydrogen) atoms. The minimum Gasteiger partial charge on any atom is -0.474 e. The van der Waals surface area contributed by atoms with Crippen LogP contribution in [0.2, 0.25) is 0 Å². The van der Waals surface area contributed by atoms with E-state index in [1.807, 2.05) is 31.2 Å². The topological polar surface area (TPSA) is 67.5 Å². The number of hydrogen-bond acceptors (Lipinski definition) is 5. The second-order valence-corrected chi connectivity index (χ2v) is 8.92. The Hall–Kier alpha value is -3.72. The van der Waals surface area contributed by atoms with Gasteiger partial charge in [-0.05, 0) is 42.3 Å². The first kappa shape index (κ1) is 24.0. The molecule has 2 aromatic heterocycles. The third-order valence-electron chi connectivity index (χ3n) is 6.44. The van der Waals surface area contributed by atoms with E-state index in [1.54, 1.807) is 36.1 Å². The highest BCUT2D eigenvalue weighted by Gasteiger charge is 2.18. The zero-order valence-electron chi connectivity index (χ0n) is 20.1. The van der Waals surface area contributed by atoms with Gasteiger partial charge < -0.3 is 14.2 Å². The van der Waals surface area contributed by atoms with E-state index in [1.165, 1.54) is 10.7 Å². The molecule has 1 aliphatic heterocycles. The summed E-state index contributed by atoms with van der Waals surface area (Å²) in [6.07, 6.45) is 3.42. The van der Waals surface area contributed by atoms with Gasteiger partial charge >= 0.3 is 6.61 Å². The molecule has 3 heterocycles. The number of halogens is 2. The summed E-state index contributed by atoms with van der Waals surface area (Å²) in [4.78, 5) is 17.3. The Bertz CT molecular complexity index is 1440. The maximum atomic E-state index is 13.0. The van der Waals surface area contributed by atoms with Crippen LogP contribution in [0.3, 0.4) is 0 Å². The third kappa shape index (κ3) is 4.97. The lowest BCUT2D eigenvalue weighted by Gasteiger charge is -2.22. The van der Waals surface area contributed by atoms with Crippen molar-refractivity contribution in [3.05, 3.63) is 76.2 Å². The minimum absolute atomic E-state index is 0.0715. The predicted octanol–water partition coefficient (Wildman–Crippen LogP) is 4.92. The van der Waals surface area contributed by atoms with Crippen molar-refractivity contribution in [3.63, 3.8) is 0 Å². The van der Waals surface area contributed by atoms with Crippen molar-refractivity contribution in [1.29, 1.82) is 0 Å². The molecule has 0 spiro atoms. The van der Waals surface area contributed by atoms with Crippen LogP contribution in [0.5, 0.6) is 11.6 Å². The molecule has 0 saturated carbocycles. The van der Waals surface area contributed by atoms with Crippen LogP contribution in [0.25, 0.3) is 22.0 Å². The highest BCUT2D eigenvalue weighted by atomic mass is 19.3. The molecule has 4 aromatic rings. The van der Waals surface area contributed by atoms with E-state index in [0.29, 0.717) is 35.6 Å². The van der Waals surface area contributed by atoms with Crippen molar-refractivity contribution >= 4 is 10.9 Å². The van der Waals surface area contributed by atoms with Crippen molar-refractivity contribution in [3.8, 4) is 22.8 Å². The molecule has 7 nitrogen and oxygen atoms in total. The zero-order valence-corrected chi connectivity index (χ0v) is 20.1. The number of aromatic nitrogens is 3. The summed E-state index contributed by atoms with van der Waals surface area (Å²) >= 11 is 0. The van der Waals surface area contributed by atoms with Crippen molar-refractivity contribution in [2.75, 3.05) is 13.2 Å². The molecule has 0 radical (unpaired) electrons. The molecule has 0 atom stereocenters. The smallest absolute Gasteiger partial charge is 0.387 e. The number of benzene rings is 2. The monoisotopic (exact) mass is 495 g/mol. The maximum Gasteiger partial charge on any atom is 0.387 e. The number of hydrogen-bond donors (Lipinski definition) is 0. The predicted molar refractivity (Wildman–Crippen MR) is 132 cm³/mol. The fourth-order valence-corrected chi connectivity index (χ4v) is 4.56. The van der Waals surface area contributed by atoms with Gasteiger partial charge in [0.25, 0.3) is 5.56 Å². The summed E-state index contributed by atoms with van der Waals surface area (Å²) in [5.74, 6) is 0.628. The van der Waals surface area contributed by atoms with Gasteiger partial charge in [-0.15, -0.1) is 0 Å². The molecule has 0 aliphatic carbocycles. The fraction of sp³-hybridized carbons (Fsp3) is 0.333. The number of pyridine rings is 1. The largest absolute Gasteiger partial charge is 0.474 e. The molecular weight excluding hydrogens is 468 g/mol. The summed E-state index contributed by atoms with van der Waals surface area (Å²) in [5.41, 5.74) is 3.77. The van der Waals surface area contributed by atoms with Crippen LogP contribution in [-0.2, 0) is 18.3 Å². The maximum absolute atomic E-state index is 13.0. The van der Waals surface area contributed by atoms with Crippen LogP contribution >= 0.6 is 0 Å². The first-order valence-corrected chi connectivity index (χ1v) is 11.8. The second-order valence-electron chi connectivity index (χ2n) is 8.92. The lowest BCUT2D eigenvalue weighted by atomic mass is 10.1. The first-order chi connectivity index (χ1) is 17.4. The molecule has 1 saturated heterocycles. The number of ether oxygens (including phenoxy) is 3. The molecule has 0 amide bonds. The van der Waals surface area contributed by atoms with Crippen molar-refractivity contribution in [2.24, 2.45) is 7.05 Å². The van der Waals surface area contributed by atoms with E-state index in [2.05, 4.69) is 4.98 Å². The van der Waals surface area contributed by atoms with Gasteiger partial charge in [0, 0.05) is 37.7 Å². The highest BCUT2D eigenvalue weighted by Crippen LogP contribution is 2.28. The number of nitrogens with zero attached hydrogens (tertiary/aromatic N) is 3. The number of aryl methyl sites for hydroxylation is 1. The van der Waals surface area contributed by atoms with Crippen LogP contribution in [0.1, 0.15) is 24.0 Å². The zero-order chi connectivity index (χ0) is 25.2. The molecule has 0 N–H and O–H groups in total. The van der Waals surface area contributed by atoms with Gasteiger partial charge in [-0.2, -0.15) is 8.78 Å². The van der Waals surface area contributed by atoms with Crippen LogP contribution in [0.15, 0.2) is 59.5 Å². The Morgan fingerprint density at radius 2 is 1.86 bits per heavy atom. The molecule has 1 aliphatic rings. The molecule has 0 bridgehead atoms. The Kier molecular flexibility index (Phi) is 6.73. The Labute approximate surface area is 206 Å². The third-order valence-corrected chi connectivity index (χ3v) is 6.44. The molecule has 2 aromatic carbocycles. The van der Waals surface area contributed by atoms with Crippen LogP contribution in [-0.4, -0.2) is 40.3 Å². The normalized spacial score (nSPS) is 14.5. The first-order valence-electron chi connectivity index (χ1n) is 11.8. The molecular formula is C27H27F2N3O4. The van der Waals surface area contributed by atoms with Crippen LogP contribution in [0.4, 0.5) is 8.78 Å². The van der Waals surface area contributed by atoms with Gasteiger partial charge in [0.15, 0.2) is 0 Å². The summed E-state index contributed by atoms with van der Waals surface area (Å²) in [6, 6.07) is 14.4. The van der Waals surface area contributed by atoms with Gasteiger partial charge in [-0.25, -0.2) is 4.98 Å². The van der Waals surface area contributed by atoms with Crippen LogP contribution < -0.4 is 15.0 Å². The quantitative estimate of drug-likeness (QED) is 0.364. The fourth-order valence-electron chi connectivity index (χ4n) is 4.56. The number of alkyl halides is 2. The average Bonchev–Trinajstić information content (AvgIpc) is 3.10.